The standard InChI is InChI=1S/C19H23N3O/c23-18(22-12-11-21-10-2-1-8-17(21)14-22)13-16-6-3-5-15-7-4-9-20-19(15)16/h3-7,9,17H,1-2,8,10-14H2. The van der Waals surface area contributed by atoms with Crippen molar-refractivity contribution in [1.29, 1.82) is 0 Å². The van der Waals surface area contributed by atoms with E-state index in [0.717, 1.165) is 36.1 Å². The molecule has 2 fully saturated rings. The number of hydrogen-bond donors (Lipinski definition) is 0. The quantitative estimate of drug-likeness (QED) is 0.855. The summed E-state index contributed by atoms with van der Waals surface area (Å²) in [5.74, 6) is 0.244. The number of para-hydroxylation sites is 1. The number of nitrogens with zero attached hydrogens (tertiary/aromatic N) is 3. The van der Waals surface area contributed by atoms with Crippen molar-refractivity contribution in [1.82, 2.24) is 14.8 Å². The molecule has 2 saturated heterocycles. The fourth-order valence-corrected chi connectivity index (χ4v) is 3.97. The largest absolute Gasteiger partial charge is 0.340 e. The van der Waals surface area contributed by atoms with E-state index in [-0.39, 0.29) is 5.91 Å². The third kappa shape index (κ3) is 2.95. The molecule has 4 rings (SSSR count). The molecule has 4 heteroatoms. The van der Waals surface area contributed by atoms with Gasteiger partial charge in [-0.15, -0.1) is 0 Å². The van der Waals surface area contributed by atoms with Crippen molar-refractivity contribution in [2.75, 3.05) is 26.2 Å². The average molecular weight is 309 g/mol. The highest BCUT2D eigenvalue weighted by molar-refractivity contribution is 5.87. The number of rotatable bonds is 2. The number of hydrogen-bond acceptors (Lipinski definition) is 3. The highest BCUT2D eigenvalue weighted by atomic mass is 16.2. The first kappa shape index (κ1) is 14.6. The predicted octanol–water partition coefficient (Wildman–Crippen LogP) is 2.47. The molecule has 2 aliphatic heterocycles. The van der Waals surface area contributed by atoms with Crippen LogP contribution in [0.3, 0.4) is 0 Å². The number of aromatic nitrogens is 1. The van der Waals surface area contributed by atoms with E-state index in [1.807, 2.05) is 18.2 Å². The summed E-state index contributed by atoms with van der Waals surface area (Å²) in [6, 6.07) is 10.7. The number of amides is 1. The third-order valence-corrected chi connectivity index (χ3v) is 5.25. The summed E-state index contributed by atoms with van der Waals surface area (Å²) in [6.45, 7) is 4.01. The number of pyridine rings is 1. The lowest BCUT2D eigenvalue weighted by molar-refractivity contribution is -0.134. The van der Waals surface area contributed by atoms with E-state index in [0.29, 0.717) is 12.5 Å². The van der Waals surface area contributed by atoms with Crippen molar-refractivity contribution in [2.24, 2.45) is 0 Å². The van der Waals surface area contributed by atoms with Crippen molar-refractivity contribution < 1.29 is 4.79 Å². The Labute approximate surface area is 137 Å². The first-order valence-electron chi connectivity index (χ1n) is 8.66. The Kier molecular flexibility index (Phi) is 4.00. The van der Waals surface area contributed by atoms with Crippen LogP contribution in [0.5, 0.6) is 0 Å². The Morgan fingerprint density at radius 2 is 2.04 bits per heavy atom. The van der Waals surface area contributed by atoms with Gasteiger partial charge in [0.2, 0.25) is 5.91 Å². The van der Waals surface area contributed by atoms with Gasteiger partial charge >= 0.3 is 0 Å². The van der Waals surface area contributed by atoms with E-state index in [2.05, 4.69) is 26.9 Å². The third-order valence-electron chi connectivity index (χ3n) is 5.25. The van der Waals surface area contributed by atoms with Crippen molar-refractivity contribution in [3.63, 3.8) is 0 Å². The highest BCUT2D eigenvalue weighted by Crippen LogP contribution is 2.22. The van der Waals surface area contributed by atoms with Gasteiger partial charge in [0.25, 0.3) is 0 Å². The minimum absolute atomic E-state index is 0.244. The summed E-state index contributed by atoms with van der Waals surface area (Å²) < 4.78 is 0. The van der Waals surface area contributed by atoms with Gasteiger partial charge in [0.1, 0.15) is 0 Å². The summed E-state index contributed by atoms with van der Waals surface area (Å²) in [6.07, 6.45) is 6.11. The van der Waals surface area contributed by atoms with Crippen LogP contribution >= 0.6 is 0 Å². The Balaban J connectivity index is 1.49. The molecule has 0 saturated carbocycles. The first-order chi connectivity index (χ1) is 11.3. The molecule has 120 valence electrons. The topological polar surface area (TPSA) is 36.4 Å². The Morgan fingerprint density at radius 3 is 3.00 bits per heavy atom. The molecule has 0 spiro atoms. The highest BCUT2D eigenvalue weighted by Gasteiger charge is 2.30. The molecular weight excluding hydrogens is 286 g/mol. The molecule has 0 aliphatic carbocycles. The van der Waals surface area contributed by atoms with E-state index in [9.17, 15) is 4.79 Å². The van der Waals surface area contributed by atoms with Crippen molar-refractivity contribution in [3.8, 4) is 0 Å². The summed E-state index contributed by atoms with van der Waals surface area (Å²) in [7, 11) is 0. The maximum Gasteiger partial charge on any atom is 0.227 e. The summed E-state index contributed by atoms with van der Waals surface area (Å²) in [4.78, 5) is 21.9. The molecule has 1 aromatic heterocycles. The van der Waals surface area contributed by atoms with Crippen LogP contribution in [-0.4, -0.2) is 52.9 Å². The number of benzene rings is 1. The maximum absolute atomic E-state index is 12.8. The van der Waals surface area contributed by atoms with Crippen LogP contribution in [0.25, 0.3) is 10.9 Å². The van der Waals surface area contributed by atoms with Crippen LogP contribution in [0.15, 0.2) is 36.5 Å². The van der Waals surface area contributed by atoms with Gasteiger partial charge in [-0.25, -0.2) is 0 Å². The summed E-state index contributed by atoms with van der Waals surface area (Å²) in [5, 5.41) is 1.11. The summed E-state index contributed by atoms with van der Waals surface area (Å²) >= 11 is 0. The summed E-state index contributed by atoms with van der Waals surface area (Å²) in [5.41, 5.74) is 2.00. The van der Waals surface area contributed by atoms with E-state index in [1.54, 1.807) is 6.20 Å². The molecule has 1 aromatic carbocycles. The Bertz CT molecular complexity index is 709. The van der Waals surface area contributed by atoms with Gasteiger partial charge in [0.05, 0.1) is 11.9 Å². The number of fused-ring (bicyclic) bond motifs is 2. The van der Waals surface area contributed by atoms with Gasteiger partial charge < -0.3 is 4.90 Å². The van der Waals surface area contributed by atoms with Gasteiger partial charge in [-0.1, -0.05) is 30.7 Å². The van der Waals surface area contributed by atoms with Crippen LogP contribution in [0.2, 0.25) is 0 Å². The molecule has 0 N–H and O–H groups in total. The van der Waals surface area contributed by atoms with Crippen molar-refractivity contribution in [3.05, 3.63) is 42.1 Å². The smallest absolute Gasteiger partial charge is 0.227 e. The number of carbonyl (C=O) groups is 1. The zero-order valence-corrected chi connectivity index (χ0v) is 13.4. The van der Waals surface area contributed by atoms with Crippen molar-refractivity contribution in [2.45, 2.75) is 31.7 Å². The first-order valence-corrected chi connectivity index (χ1v) is 8.66. The van der Waals surface area contributed by atoms with Gasteiger partial charge in [-0.3, -0.25) is 14.7 Å². The number of carbonyl (C=O) groups excluding carboxylic acids is 1. The van der Waals surface area contributed by atoms with Gasteiger partial charge in [0, 0.05) is 37.3 Å². The van der Waals surface area contributed by atoms with E-state index in [4.69, 9.17) is 0 Å². The van der Waals surface area contributed by atoms with Crippen LogP contribution in [0.1, 0.15) is 24.8 Å². The molecule has 0 radical (unpaired) electrons. The minimum Gasteiger partial charge on any atom is -0.340 e. The van der Waals surface area contributed by atoms with Crippen LogP contribution in [0, 0.1) is 0 Å². The molecule has 1 unspecified atom stereocenters. The average Bonchev–Trinajstić information content (AvgIpc) is 2.61. The Hall–Kier alpha value is -1.94. The normalized spacial score (nSPS) is 22.1. The fraction of sp³-hybridized carbons (Fsp3) is 0.474. The van der Waals surface area contributed by atoms with Crippen molar-refractivity contribution >= 4 is 16.8 Å². The second kappa shape index (κ2) is 6.28. The SMILES string of the molecule is O=C(Cc1cccc2cccnc12)N1CCN2CCCCC2C1. The monoisotopic (exact) mass is 309 g/mol. The van der Waals surface area contributed by atoms with Crippen LogP contribution in [-0.2, 0) is 11.2 Å². The molecule has 4 nitrogen and oxygen atoms in total. The van der Waals surface area contributed by atoms with Gasteiger partial charge in [-0.2, -0.15) is 0 Å². The lowest BCUT2D eigenvalue weighted by atomic mass is 9.99. The van der Waals surface area contributed by atoms with E-state index in [1.165, 1.54) is 25.8 Å². The number of piperazine rings is 1. The molecule has 2 aromatic rings. The molecule has 0 bridgehead atoms. The maximum atomic E-state index is 12.8. The van der Waals surface area contributed by atoms with E-state index >= 15 is 0 Å². The molecule has 1 atom stereocenters. The molecular formula is C19H23N3O. The Morgan fingerprint density at radius 1 is 1.13 bits per heavy atom. The van der Waals surface area contributed by atoms with Gasteiger partial charge in [-0.05, 0) is 31.0 Å². The predicted molar refractivity (Wildman–Crippen MR) is 91.2 cm³/mol. The van der Waals surface area contributed by atoms with E-state index < -0.39 is 0 Å². The molecule has 23 heavy (non-hydrogen) atoms. The van der Waals surface area contributed by atoms with Crippen LogP contribution < -0.4 is 0 Å². The zero-order valence-electron chi connectivity index (χ0n) is 13.4. The second-order valence-electron chi connectivity index (χ2n) is 6.69. The zero-order chi connectivity index (χ0) is 15.6. The lowest BCUT2D eigenvalue weighted by Crippen LogP contribution is -2.56. The fourth-order valence-electron chi connectivity index (χ4n) is 3.97. The second-order valence-corrected chi connectivity index (χ2v) is 6.69. The van der Waals surface area contributed by atoms with Crippen LogP contribution in [0.4, 0.5) is 0 Å². The molecule has 1 amide bonds. The number of piperidine rings is 1. The lowest BCUT2D eigenvalue weighted by Gasteiger charge is -2.44. The molecule has 2 aliphatic rings. The minimum atomic E-state index is 0.244. The van der Waals surface area contributed by atoms with Gasteiger partial charge in [0.15, 0.2) is 0 Å². The molecule has 3 heterocycles.